The molecule has 1 aliphatic heterocycles. The normalized spacial score (nSPS) is 12.2. The second kappa shape index (κ2) is 8.14. The van der Waals surface area contributed by atoms with Crippen LogP contribution in [0.1, 0.15) is 5.69 Å². The summed E-state index contributed by atoms with van der Waals surface area (Å²) >= 11 is 0. The summed E-state index contributed by atoms with van der Waals surface area (Å²) in [6.07, 6.45) is 0. The molecular formula is C21H22N4O4. The van der Waals surface area contributed by atoms with Crippen molar-refractivity contribution >= 4 is 23.1 Å². The molecule has 1 aromatic heterocycles. The van der Waals surface area contributed by atoms with Gasteiger partial charge >= 0.3 is 0 Å². The first-order valence-corrected chi connectivity index (χ1v) is 9.16. The van der Waals surface area contributed by atoms with Gasteiger partial charge in [0.05, 0.1) is 19.9 Å². The van der Waals surface area contributed by atoms with Crippen molar-refractivity contribution in [2.75, 3.05) is 38.1 Å². The van der Waals surface area contributed by atoms with Crippen LogP contribution in [0.2, 0.25) is 0 Å². The highest BCUT2D eigenvalue weighted by atomic mass is 16.6. The Labute approximate surface area is 168 Å². The zero-order chi connectivity index (χ0) is 20.2. The number of ether oxygens (including phenoxy) is 4. The number of nitrogens with zero attached hydrogens (tertiary/aromatic N) is 2. The molecule has 0 fully saturated rings. The molecule has 2 N–H and O–H groups in total. The topological polar surface area (TPSA) is 86.8 Å². The quantitative estimate of drug-likeness (QED) is 0.647. The Morgan fingerprint density at radius 3 is 2.48 bits per heavy atom. The highest BCUT2D eigenvalue weighted by Gasteiger charge is 2.13. The molecule has 0 radical (unpaired) electrons. The van der Waals surface area contributed by atoms with Crippen LogP contribution in [0, 0.1) is 6.92 Å². The van der Waals surface area contributed by atoms with Crippen molar-refractivity contribution in [3.05, 3.63) is 48.2 Å². The summed E-state index contributed by atoms with van der Waals surface area (Å²) < 4.78 is 21.9. The Kier molecular flexibility index (Phi) is 5.24. The van der Waals surface area contributed by atoms with Crippen LogP contribution in [0.15, 0.2) is 42.5 Å². The molecule has 0 aliphatic carbocycles. The Hall–Kier alpha value is -3.68. The lowest BCUT2D eigenvalue weighted by molar-refractivity contribution is 0.171. The van der Waals surface area contributed by atoms with Gasteiger partial charge in [-0.1, -0.05) is 0 Å². The lowest BCUT2D eigenvalue weighted by Gasteiger charge is -2.19. The van der Waals surface area contributed by atoms with E-state index in [4.69, 9.17) is 18.9 Å². The van der Waals surface area contributed by atoms with Gasteiger partial charge in [-0.2, -0.15) is 4.98 Å². The molecule has 0 saturated carbocycles. The lowest BCUT2D eigenvalue weighted by Crippen LogP contribution is -2.15. The van der Waals surface area contributed by atoms with Crippen molar-refractivity contribution in [3.8, 4) is 23.0 Å². The number of hydrogen-bond acceptors (Lipinski definition) is 8. The lowest BCUT2D eigenvalue weighted by atomic mass is 10.2. The summed E-state index contributed by atoms with van der Waals surface area (Å²) in [5, 5.41) is 6.49. The number of anilines is 4. The smallest absolute Gasteiger partial charge is 0.229 e. The van der Waals surface area contributed by atoms with Crippen molar-refractivity contribution in [2.24, 2.45) is 0 Å². The predicted molar refractivity (Wildman–Crippen MR) is 110 cm³/mol. The molecule has 8 nitrogen and oxygen atoms in total. The van der Waals surface area contributed by atoms with Crippen molar-refractivity contribution in [1.82, 2.24) is 9.97 Å². The summed E-state index contributed by atoms with van der Waals surface area (Å²) in [5.74, 6) is 3.92. The van der Waals surface area contributed by atoms with Crippen LogP contribution in [0.4, 0.5) is 23.1 Å². The molecule has 0 unspecified atom stereocenters. The summed E-state index contributed by atoms with van der Waals surface area (Å²) in [4.78, 5) is 9.03. The van der Waals surface area contributed by atoms with Crippen LogP contribution in [0.5, 0.6) is 23.0 Å². The minimum Gasteiger partial charge on any atom is -0.497 e. The molecule has 29 heavy (non-hydrogen) atoms. The van der Waals surface area contributed by atoms with E-state index >= 15 is 0 Å². The first-order valence-electron chi connectivity index (χ1n) is 9.16. The molecule has 0 atom stereocenters. The van der Waals surface area contributed by atoms with E-state index in [2.05, 4.69) is 20.6 Å². The minimum absolute atomic E-state index is 0.441. The van der Waals surface area contributed by atoms with Crippen LogP contribution < -0.4 is 29.6 Å². The standard InChI is InChI=1S/C21H22N4O4/c1-13-10-20(23-14-4-6-18-19(11-14)29-9-8-28-18)25-21(22-13)24-16-12-15(26-2)5-7-17(16)27-3/h4-7,10-12H,8-9H2,1-3H3,(H2,22,23,24,25). The average Bonchev–Trinajstić information content (AvgIpc) is 2.73. The highest BCUT2D eigenvalue weighted by molar-refractivity contribution is 5.67. The summed E-state index contributed by atoms with van der Waals surface area (Å²) in [6, 6.07) is 13.0. The van der Waals surface area contributed by atoms with Gasteiger partial charge in [-0.3, -0.25) is 0 Å². The van der Waals surface area contributed by atoms with Crippen LogP contribution >= 0.6 is 0 Å². The second-order valence-electron chi connectivity index (χ2n) is 6.39. The summed E-state index contributed by atoms with van der Waals surface area (Å²) in [5.41, 5.74) is 2.37. The van der Waals surface area contributed by atoms with E-state index in [-0.39, 0.29) is 0 Å². The number of aromatic nitrogens is 2. The van der Waals surface area contributed by atoms with Crippen molar-refractivity contribution in [1.29, 1.82) is 0 Å². The monoisotopic (exact) mass is 394 g/mol. The Morgan fingerprint density at radius 1 is 0.862 bits per heavy atom. The predicted octanol–water partition coefficient (Wildman–Crippen LogP) is 4.06. The number of rotatable bonds is 6. The third-order valence-electron chi connectivity index (χ3n) is 4.32. The van der Waals surface area contributed by atoms with Gasteiger partial charge in [0.2, 0.25) is 5.95 Å². The Bertz CT molecular complexity index is 1030. The van der Waals surface area contributed by atoms with E-state index in [0.29, 0.717) is 47.9 Å². The maximum Gasteiger partial charge on any atom is 0.229 e. The van der Waals surface area contributed by atoms with Gasteiger partial charge in [0.15, 0.2) is 11.5 Å². The molecular weight excluding hydrogens is 372 g/mol. The van der Waals surface area contributed by atoms with Crippen LogP contribution in [0.25, 0.3) is 0 Å². The fourth-order valence-corrected chi connectivity index (χ4v) is 2.99. The first kappa shape index (κ1) is 18.7. The van der Waals surface area contributed by atoms with Gasteiger partial charge in [0.1, 0.15) is 30.5 Å². The number of aryl methyl sites for hydroxylation is 1. The fourth-order valence-electron chi connectivity index (χ4n) is 2.99. The summed E-state index contributed by atoms with van der Waals surface area (Å²) in [6.45, 7) is 3.01. The molecule has 3 aromatic rings. The number of methoxy groups -OCH3 is 2. The molecule has 2 aromatic carbocycles. The van der Waals surface area contributed by atoms with Gasteiger partial charge in [-0.05, 0) is 31.2 Å². The number of nitrogens with one attached hydrogen (secondary N) is 2. The zero-order valence-corrected chi connectivity index (χ0v) is 16.5. The second-order valence-corrected chi connectivity index (χ2v) is 6.39. The highest BCUT2D eigenvalue weighted by Crippen LogP contribution is 2.34. The van der Waals surface area contributed by atoms with Crippen LogP contribution in [0.3, 0.4) is 0 Å². The van der Waals surface area contributed by atoms with Crippen molar-refractivity contribution in [2.45, 2.75) is 6.92 Å². The molecule has 0 bridgehead atoms. The molecule has 2 heterocycles. The summed E-state index contributed by atoms with van der Waals surface area (Å²) in [7, 11) is 3.23. The van der Waals surface area contributed by atoms with Crippen molar-refractivity contribution in [3.63, 3.8) is 0 Å². The number of fused-ring (bicyclic) bond motifs is 1. The van der Waals surface area contributed by atoms with E-state index in [1.807, 2.05) is 49.4 Å². The number of benzene rings is 2. The fraction of sp³-hybridized carbons (Fsp3) is 0.238. The van der Waals surface area contributed by atoms with Gasteiger partial charge in [-0.15, -0.1) is 0 Å². The molecule has 8 heteroatoms. The van der Waals surface area contributed by atoms with Gasteiger partial charge in [0, 0.05) is 29.6 Å². The molecule has 0 amide bonds. The average molecular weight is 394 g/mol. The van der Waals surface area contributed by atoms with E-state index in [9.17, 15) is 0 Å². The minimum atomic E-state index is 0.441. The van der Waals surface area contributed by atoms with E-state index in [1.165, 1.54) is 0 Å². The third kappa shape index (κ3) is 4.26. The van der Waals surface area contributed by atoms with Gasteiger partial charge in [-0.25, -0.2) is 4.98 Å². The molecule has 4 rings (SSSR count). The molecule has 0 spiro atoms. The molecule has 1 aliphatic rings. The van der Waals surface area contributed by atoms with Crippen molar-refractivity contribution < 1.29 is 18.9 Å². The molecule has 0 saturated heterocycles. The maximum absolute atomic E-state index is 5.64. The third-order valence-corrected chi connectivity index (χ3v) is 4.32. The Balaban J connectivity index is 1.58. The van der Waals surface area contributed by atoms with E-state index < -0.39 is 0 Å². The van der Waals surface area contributed by atoms with E-state index in [1.54, 1.807) is 14.2 Å². The number of hydrogen-bond donors (Lipinski definition) is 2. The SMILES string of the molecule is COc1ccc(OC)c(Nc2nc(C)cc(Nc3ccc4c(c3)OCCO4)n2)c1. The largest absolute Gasteiger partial charge is 0.497 e. The van der Waals surface area contributed by atoms with Crippen LogP contribution in [-0.4, -0.2) is 37.4 Å². The first-order chi connectivity index (χ1) is 14.1. The van der Waals surface area contributed by atoms with Gasteiger partial charge < -0.3 is 29.6 Å². The van der Waals surface area contributed by atoms with E-state index in [0.717, 1.165) is 17.1 Å². The maximum atomic E-state index is 5.64. The van der Waals surface area contributed by atoms with Gasteiger partial charge in [0.25, 0.3) is 0 Å². The van der Waals surface area contributed by atoms with Crippen LogP contribution in [-0.2, 0) is 0 Å². The zero-order valence-electron chi connectivity index (χ0n) is 16.5. The molecule has 150 valence electrons. The Morgan fingerprint density at radius 2 is 1.69 bits per heavy atom.